The predicted octanol–water partition coefficient (Wildman–Crippen LogP) is 2.77. The summed E-state index contributed by atoms with van der Waals surface area (Å²) >= 11 is 0. The van der Waals surface area contributed by atoms with E-state index in [9.17, 15) is 14.7 Å². The van der Waals surface area contributed by atoms with Gasteiger partial charge in [-0.2, -0.15) is 0 Å². The summed E-state index contributed by atoms with van der Waals surface area (Å²) in [6, 6.07) is 19.9. The molecule has 2 aromatic carbocycles. The molecule has 0 aliphatic carbocycles. The fourth-order valence-electron chi connectivity index (χ4n) is 2.72. The first kappa shape index (κ1) is 18.2. The minimum absolute atomic E-state index is 0. The maximum atomic E-state index is 12.4. The molecule has 4 nitrogen and oxygen atoms in total. The molecule has 0 radical (unpaired) electrons. The number of hydrogen-bond donors (Lipinski definition) is 1. The van der Waals surface area contributed by atoms with Crippen LogP contribution in [0.15, 0.2) is 71.5 Å². The Balaban J connectivity index is 0.00000208. The van der Waals surface area contributed by atoms with Gasteiger partial charge in [-0.3, -0.25) is 4.79 Å². The van der Waals surface area contributed by atoms with Crippen LogP contribution in [0.4, 0.5) is 0 Å². The number of pyridine rings is 1. The van der Waals surface area contributed by atoms with E-state index >= 15 is 0 Å². The Labute approximate surface area is 161 Å². The van der Waals surface area contributed by atoms with E-state index in [-0.39, 0.29) is 35.1 Å². The number of carboxylic acid groups (broad SMARTS) is 1. The molecule has 0 aliphatic rings. The van der Waals surface area contributed by atoms with Crippen molar-refractivity contribution < 1.29 is 9.90 Å². The molecule has 1 aromatic heterocycles. The molecule has 0 saturated carbocycles. The van der Waals surface area contributed by atoms with Crippen molar-refractivity contribution in [1.29, 1.82) is 0 Å². The van der Waals surface area contributed by atoms with Gasteiger partial charge in [-0.15, -0.1) is 0 Å². The molecule has 0 spiro atoms. The zero-order valence-electron chi connectivity index (χ0n) is 12.6. The van der Waals surface area contributed by atoms with Crippen LogP contribution >= 0.6 is 0 Å². The predicted molar refractivity (Wildman–Crippen MR) is 96.7 cm³/mol. The molecule has 3 rings (SSSR count). The Morgan fingerprint density at radius 3 is 1.92 bits per heavy atom. The Morgan fingerprint density at radius 2 is 1.42 bits per heavy atom. The summed E-state index contributed by atoms with van der Waals surface area (Å²) in [7, 11) is 1.77. The van der Waals surface area contributed by atoms with Crippen molar-refractivity contribution in [2.75, 3.05) is 0 Å². The first-order valence-corrected chi connectivity index (χ1v) is 7.17. The molecule has 0 fully saturated rings. The van der Waals surface area contributed by atoms with Crippen molar-refractivity contribution in [3.05, 3.63) is 82.5 Å². The molecule has 0 saturated heterocycles. The molecule has 1 N–H and O–H groups in total. The molecule has 0 aliphatic heterocycles. The summed E-state index contributed by atoms with van der Waals surface area (Å²) in [5.74, 6) is -1.22. The van der Waals surface area contributed by atoms with Gasteiger partial charge in [0.25, 0.3) is 0 Å². The molecule has 5 heteroatoms. The van der Waals surface area contributed by atoms with Crippen molar-refractivity contribution >= 4 is 35.5 Å². The second-order valence-corrected chi connectivity index (χ2v) is 5.21. The summed E-state index contributed by atoms with van der Waals surface area (Å²) in [6.45, 7) is 0. The number of carboxylic acids is 1. The van der Waals surface area contributed by atoms with Crippen LogP contribution in [-0.2, 0) is 7.05 Å². The number of aromatic nitrogens is 1. The van der Waals surface area contributed by atoms with Crippen LogP contribution in [0.1, 0.15) is 10.4 Å². The molecule has 24 heavy (non-hydrogen) atoms. The van der Waals surface area contributed by atoms with E-state index in [4.69, 9.17) is 0 Å². The number of nitrogens with zero attached hydrogens (tertiary/aromatic N) is 1. The third-order valence-corrected chi connectivity index (χ3v) is 3.78. The molecule has 116 valence electrons. The van der Waals surface area contributed by atoms with Crippen LogP contribution in [-0.4, -0.2) is 45.2 Å². The Bertz CT molecular complexity index is 919. The fourth-order valence-corrected chi connectivity index (χ4v) is 2.72. The van der Waals surface area contributed by atoms with Gasteiger partial charge in [0.05, 0.1) is 11.4 Å². The minimum atomic E-state index is -1.22. The van der Waals surface area contributed by atoms with Crippen molar-refractivity contribution in [1.82, 2.24) is 4.57 Å². The quantitative estimate of drug-likeness (QED) is 0.752. The summed E-state index contributed by atoms with van der Waals surface area (Å²) in [6.07, 6.45) is 0. The summed E-state index contributed by atoms with van der Waals surface area (Å²) in [5, 5.41) is 9.48. The SMILES string of the molecule is Cn1c(-c2ccccc2)cc(=O)c(C(=O)O)c1-c1ccccc1.[NaH]. The van der Waals surface area contributed by atoms with E-state index in [1.807, 2.05) is 48.5 Å². The Hall–Kier alpha value is -2.14. The van der Waals surface area contributed by atoms with Crippen molar-refractivity contribution in [2.45, 2.75) is 0 Å². The number of hydrogen-bond acceptors (Lipinski definition) is 2. The first-order chi connectivity index (χ1) is 11.1. The number of aromatic carboxylic acids is 1. The normalized spacial score (nSPS) is 10.0. The molecular formula is C19H16NNaO3. The van der Waals surface area contributed by atoms with Crippen LogP contribution in [0.25, 0.3) is 22.5 Å². The molecular weight excluding hydrogens is 313 g/mol. The summed E-state index contributed by atoms with van der Waals surface area (Å²) < 4.78 is 1.76. The van der Waals surface area contributed by atoms with Gasteiger partial charge in [-0.05, 0) is 11.1 Å². The van der Waals surface area contributed by atoms with Crippen LogP contribution in [0.5, 0.6) is 0 Å². The molecule has 1 heterocycles. The van der Waals surface area contributed by atoms with Gasteiger partial charge in [-0.25, -0.2) is 4.79 Å². The molecule has 0 bridgehead atoms. The van der Waals surface area contributed by atoms with Crippen LogP contribution < -0.4 is 5.43 Å². The van der Waals surface area contributed by atoms with Gasteiger partial charge in [0.15, 0.2) is 5.43 Å². The van der Waals surface area contributed by atoms with E-state index in [1.165, 1.54) is 6.07 Å². The average molecular weight is 329 g/mol. The molecule has 3 aromatic rings. The zero-order valence-corrected chi connectivity index (χ0v) is 12.6. The number of carbonyl (C=O) groups is 1. The van der Waals surface area contributed by atoms with E-state index in [0.717, 1.165) is 5.56 Å². The van der Waals surface area contributed by atoms with E-state index in [2.05, 4.69) is 0 Å². The molecule has 0 amide bonds. The average Bonchev–Trinajstić information content (AvgIpc) is 2.57. The third-order valence-electron chi connectivity index (χ3n) is 3.78. The van der Waals surface area contributed by atoms with Crippen LogP contribution in [0.3, 0.4) is 0 Å². The van der Waals surface area contributed by atoms with E-state index in [0.29, 0.717) is 17.0 Å². The second-order valence-electron chi connectivity index (χ2n) is 5.21. The third kappa shape index (κ3) is 3.36. The monoisotopic (exact) mass is 329 g/mol. The van der Waals surface area contributed by atoms with Crippen molar-refractivity contribution in [3.63, 3.8) is 0 Å². The molecule has 0 atom stereocenters. The number of benzene rings is 2. The maximum absolute atomic E-state index is 12.4. The fraction of sp³-hybridized carbons (Fsp3) is 0.0526. The van der Waals surface area contributed by atoms with E-state index in [1.54, 1.807) is 23.7 Å². The summed E-state index contributed by atoms with van der Waals surface area (Å²) in [5.41, 5.74) is 1.94. The first-order valence-electron chi connectivity index (χ1n) is 7.17. The van der Waals surface area contributed by atoms with Gasteiger partial charge in [-0.1, -0.05) is 60.7 Å². The summed E-state index contributed by atoms with van der Waals surface area (Å²) in [4.78, 5) is 24.0. The van der Waals surface area contributed by atoms with Gasteiger partial charge in [0, 0.05) is 13.1 Å². The standard InChI is InChI=1S/C19H15NO3.Na.H/c1-20-15(13-8-4-2-5-9-13)12-16(21)17(19(22)23)18(20)14-10-6-3-7-11-14;;/h2-12H,1H3,(H,22,23);;. The topological polar surface area (TPSA) is 59.3 Å². The van der Waals surface area contributed by atoms with Gasteiger partial charge >= 0.3 is 35.5 Å². The van der Waals surface area contributed by atoms with Gasteiger partial charge < -0.3 is 9.67 Å². The van der Waals surface area contributed by atoms with E-state index < -0.39 is 11.4 Å². The van der Waals surface area contributed by atoms with Gasteiger partial charge in [0.2, 0.25) is 0 Å². The van der Waals surface area contributed by atoms with Crippen LogP contribution in [0, 0.1) is 0 Å². The molecule has 0 unspecified atom stereocenters. The van der Waals surface area contributed by atoms with Gasteiger partial charge in [0.1, 0.15) is 5.56 Å². The van der Waals surface area contributed by atoms with Crippen LogP contribution in [0.2, 0.25) is 0 Å². The van der Waals surface area contributed by atoms with Crippen molar-refractivity contribution in [2.24, 2.45) is 7.05 Å². The Kier molecular flexibility index (Phi) is 5.78. The zero-order chi connectivity index (χ0) is 16.4. The number of rotatable bonds is 3. The second kappa shape index (κ2) is 7.62. The Morgan fingerprint density at radius 1 is 0.917 bits per heavy atom. The van der Waals surface area contributed by atoms with Crippen molar-refractivity contribution in [3.8, 4) is 22.5 Å².